The Bertz CT molecular complexity index is 419. The van der Waals surface area contributed by atoms with Gasteiger partial charge >= 0.3 is 0 Å². The van der Waals surface area contributed by atoms with Crippen LogP contribution in [0.25, 0.3) is 0 Å². The minimum Gasteiger partial charge on any atom is -0.369 e. The Kier molecular flexibility index (Phi) is 6.64. The van der Waals surface area contributed by atoms with Crippen LogP contribution >= 0.6 is 11.6 Å². The zero-order valence-corrected chi connectivity index (χ0v) is 12.5. The highest BCUT2D eigenvalue weighted by atomic mass is 35.5. The fourth-order valence-electron chi connectivity index (χ4n) is 1.70. The van der Waals surface area contributed by atoms with E-state index in [2.05, 4.69) is 36.4 Å². The van der Waals surface area contributed by atoms with Gasteiger partial charge in [0, 0.05) is 18.8 Å². The van der Waals surface area contributed by atoms with Crippen molar-refractivity contribution in [3.63, 3.8) is 0 Å². The lowest BCUT2D eigenvalue weighted by Gasteiger charge is -2.15. The fourth-order valence-corrected chi connectivity index (χ4v) is 1.93. The van der Waals surface area contributed by atoms with E-state index >= 15 is 0 Å². The molecule has 0 radical (unpaired) electrons. The fraction of sp³-hybridized carbons (Fsp3) is 0.571. The molecule has 1 heterocycles. The van der Waals surface area contributed by atoms with Crippen molar-refractivity contribution in [3.05, 3.63) is 22.8 Å². The molecular formula is C14H22ClN3O. The van der Waals surface area contributed by atoms with Gasteiger partial charge < -0.3 is 10.6 Å². The Morgan fingerprint density at radius 3 is 2.58 bits per heavy atom. The maximum absolute atomic E-state index is 12.0. The highest BCUT2D eigenvalue weighted by Crippen LogP contribution is 2.20. The number of rotatable bonds is 7. The molecular weight excluding hydrogens is 262 g/mol. The summed E-state index contributed by atoms with van der Waals surface area (Å²) in [7, 11) is 0. The second-order valence-electron chi connectivity index (χ2n) is 4.47. The minimum absolute atomic E-state index is 0.120. The topological polar surface area (TPSA) is 54.0 Å². The second-order valence-corrected chi connectivity index (χ2v) is 4.88. The van der Waals surface area contributed by atoms with E-state index < -0.39 is 0 Å². The van der Waals surface area contributed by atoms with Gasteiger partial charge in [0.25, 0.3) is 5.91 Å². The molecule has 0 aliphatic heterocycles. The van der Waals surface area contributed by atoms with Crippen LogP contribution in [-0.4, -0.2) is 23.5 Å². The third-order valence-electron chi connectivity index (χ3n) is 2.97. The molecule has 4 nitrogen and oxygen atoms in total. The summed E-state index contributed by atoms with van der Waals surface area (Å²) < 4.78 is 0. The number of pyridine rings is 1. The van der Waals surface area contributed by atoms with Gasteiger partial charge in [-0.2, -0.15) is 0 Å². The largest absolute Gasteiger partial charge is 0.369 e. The summed E-state index contributed by atoms with van der Waals surface area (Å²) in [6.45, 7) is 6.99. The maximum Gasteiger partial charge on any atom is 0.253 e. The number of nitrogens with one attached hydrogen (secondary N) is 2. The van der Waals surface area contributed by atoms with Crippen LogP contribution < -0.4 is 10.6 Å². The molecule has 0 spiro atoms. The first-order valence-corrected chi connectivity index (χ1v) is 7.20. The summed E-state index contributed by atoms with van der Waals surface area (Å²) in [6.07, 6.45) is 4.38. The summed E-state index contributed by atoms with van der Waals surface area (Å²) in [4.78, 5) is 16.2. The van der Waals surface area contributed by atoms with Crippen LogP contribution in [0.4, 0.5) is 5.82 Å². The normalized spacial score (nSPS) is 10.6. The molecule has 0 aromatic carbocycles. The second kappa shape index (κ2) is 8.00. The molecule has 0 aliphatic carbocycles. The summed E-state index contributed by atoms with van der Waals surface area (Å²) in [5.74, 6) is 0.507. The van der Waals surface area contributed by atoms with Crippen molar-refractivity contribution < 1.29 is 4.79 Å². The van der Waals surface area contributed by atoms with E-state index in [9.17, 15) is 4.79 Å². The van der Waals surface area contributed by atoms with Crippen LogP contribution in [0.1, 0.15) is 50.4 Å². The highest BCUT2D eigenvalue weighted by molar-refractivity contribution is 6.33. The average Bonchev–Trinajstić information content (AvgIpc) is 2.43. The quantitative estimate of drug-likeness (QED) is 0.805. The van der Waals surface area contributed by atoms with E-state index in [0.29, 0.717) is 16.4 Å². The molecule has 1 aromatic heterocycles. The number of hydrogen-bond donors (Lipinski definition) is 2. The lowest BCUT2D eigenvalue weighted by atomic mass is 10.1. The van der Waals surface area contributed by atoms with E-state index in [4.69, 9.17) is 11.6 Å². The SMILES string of the molecule is CCCNc1ncc(C(=O)NC(CC)CC)cc1Cl. The molecule has 1 amide bonds. The molecule has 5 heteroatoms. The van der Waals surface area contributed by atoms with Crippen LogP contribution in [0.3, 0.4) is 0 Å². The molecule has 0 saturated carbocycles. The molecule has 0 bridgehead atoms. The van der Waals surface area contributed by atoms with Crippen molar-refractivity contribution in [2.45, 2.75) is 46.1 Å². The molecule has 19 heavy (non-hydrogen) atoms. The zero-order valence-electron chi connectivity index (χ0n) is 11.8. The summed E-state index contributed by atoms with van der Waals surface area (Å²) in [5.41, 5.74) is 0.499. The Labute approximate surface area is 120 Å². The molecule has 1 aromatic rings. The third-order valence-corrected chi connectivity index (χ3v) is 3.25. The van der Waals surface area contributed by atoms with Gasteiger partial charge in [-0.25, -0.2) is 4.98 Å². The molecule has 0 unspecified atom stereocenters. The number of carbonyl (C=O) groups is 1. The van der Waals surface area contributed by atoms with E-state index in [-0.39, 0.29) is 11.9 Å². The van der Waals surface area contributed by atoms with Gasteiger partial charge in [0.1, 0.15) is 5.82 Å². The molecule has 0 fully saturated rings. The van der Waals surface area contributed by atoms with Crippen molar-refractivity contribution in [2.24, 2.45) is 0 Å². The van der Waals surface area contributed by atoms with Crippen LogP contribution in [0.5, 0.6) is 0 Å². The first-order valence-electron chi connectivity index (χ1n) is 6.82. The average molecular weight is 284 g/mol. The van der Waals surface area contributed by atoms with Crippen LogP contribution in [0.15, 0.2) is 12.3 Å². The van der Waals surface area contributed by atoms with Gasteiger partial charge in [0.2, 0.25) is 0 Å². The van der Waals surface area contributed by atoms with Crippen molar-refractivity contribution in [3.8, 4) is 0 Å². The van der Waals surface area contributed by atoms with Crippen molar-refractivity contribution in [2.75, 3.05) is 11.9 Å². The van der Waals surface area contributed by atoms with Gasteiger partial charge in [0.05, 0.1) is 10.6 Å². The van der Waals surface area contributed by atoms with Crippen LogP contribution in [0.2, 0.25) is 5.02 Å². The number of amides is 1. The van der Waals surface area contributed by atoms with Crippen molar-refractivity contribution >= 4 is 23.3 Å². The Morgan fingerprint density at radius 2 is 2.05 bits per heavy atom. The van der Waals surface area contributed by atoms with E-state index in [0.717, 1.165) is 25.8 Å². The van der Waals surface area contributed by atoms with E-state index in [1.807, 2.05) is 0 Å². The van der Waals surface area contributed by atoms with Crippen LogP contribution in [-0.2, 0) is 0 Å². The zero-order chi connectivity index (χ0) is 14.3. The number of hydrogen-bond acceptors (Lipinski definition) is 3. The first kappa shape index (κ1) is 15.8. The number of carbonyl (C=O) groups excluding carboxylic acids is 1. The summed E-state index contributed by atoms with van der Waals surface area (Å²) >= 11 is 6.11. The van der Waals surface area contributed by atoms with Gasteiger partial charge in [-0.3, -0.25) is 4.79 Å². The summed E-state index contributed by atoms with van der Waals surface area (Å²) in [5, 5.41) is 6.56. The lowest BCUT2D eigenvalue weighted by Crippen LogP contribution is -2.33. The predicted octanol–water partition coefficient (Wildman–Crippen LogP) is 3.48. The smallest absolute Gasteiger partial charge is 0.253 e. The third kappa shape index (κ3) is 4.71. The Balaban J connectivity index is 2.74. The number of anilines is 1. The molecule has 0 saturated heterocycles. The van der Waals surface area contributed by atoms with Crippen molar-refractivity contribution in [1.82, 2.24) is 10.3 Å². The Hall–Kier alpha value is -1.29. The van der Waals surface area contributed by atoms with E-state index in [1.54, 1.807) is 12.3 Å². The lowest BCUT2D eigenvalue weighted by molar-refractivity contribution is 0.0934. The first-order chi connectivity index (χ1) is 9.12. The Morgan fingerprint density at radius 1 is 1.37 bits per heavy atom. The molecule has 2 N–H and O–H groups in total. The van der Waals surface area contributed by atoms with Gasteiger partial charge in [-0.05, 0) is 25.3 Å². The van der Waals surface area contributed by atoms with Crippen molar-refractivity contribution in [1.29, 1.82) is 0 Å². The van der Waals surface area contributed by atoms with E-state index in [1.165, 1.54) is 0 Å². The standard InChI is InChI=1S/C14H22ClN3O/c1-4-7-16-13-12(15)8-10(9-17-13)14(19)18-11(5-2)6-3/h8-9,11H,4-7H2,1-3H3,(H,16,17)(H,18,19). The molecule has 0 aliphatic rings. The van der Waals surface area contributed by atoms with Crippen LogP contribution in [0, 0.1) is 0 Å². The molecule has 1 rings (SSSR count). The highest BCUT2D eigenvalue weighted by Gasteiger charge is 2.12. The summed E-state index contributed by atoms with van der Waals surface area (Å²) in [6, 6.07) is 1.86. The molecule has 106 valence electrons. The number of nitrogens with zero attached hydrogens (tertiary/aromatic N) is 1. The predicted molar refractivity (Wildman–Crippen MR) is 79.9 cm³/mol. The van der Waals surface area contributed by atoms with Gasteiger partial charge in [-0.1, -0.05) is 32.4 Å². The minimum atomic E-state index is -0.120. The number of halogens is 1. The maximum atomic E-state index is 12.0. The van der Waals surface area contributed by atoms with Gasteiger partial charge in [-0.15, -0.1) is 0 Å². The monoisotopic (exact) mass is 283 g/mol. The molecule has 0 atom stereocenters. The number of aromatic nitrogens is 1. The van der Waals surface area contributed by atoms with Gasteiger partial charge in [0.15, 0.2) is 0 Å².